The fraction of sp³-hybridized carbons (Fsp3) is 1.00. The molecular formula is C13H32N2O2Si2. The molecule has 0 spiro atoms. The van der Waals surface area contributed by atoms with E-state index in [1.807, 2.05) is 0 Å². The average Bonchev–Trinajstić information content (AvgIpc) is 2.38. The Labute approximate surface area is 122 Å². The third kappa shape index (κ3) is 6.51. The van der Waals surface area contributed by atoms with Gasteiger partial charge in [-0.2, -0.15) is 0 Å². The predicted octanol–water partition coefficient (Wildman–Crippen LogP) is 1.73. The van der Waals surface area contributed by atoms with Gasteiger partial charge in [-0.05, 0) is 19.0 Å². The maximum atomic E-state index is 5.34. The van der Waals surface area contributed by atoms with E-state index in [0.29, 0.717) is 0 Å². The van der Waals surface area contributed by atoms with Crippen LogP contribution in [0.4, 0.5) is 0 Å². The quantitative estimate of drug-likeness (QED) is 0.504. The first kappa shape index (κ1) is 17.3. The molecule has 0 aromatic heterocycles. The molecule has 0 amide bonds. The first-order chi connectivity index (χ1) is 8.97. The molecule has 1 aliphatic rings. The smallest absolute Gasteiger partial charge is 0.320 e. The van der Waals surface area contributed by atoms with Crippen molar-refractivity contribution >= 4 is 17.5 Å². The Kier molecular flexibility index (Phi) is 7.78. The molecule has 114 valence electrons. The van der Waals surface area contributed by atoms with Crippen LogP contribution in [0.5, 0.6) is 0 Å². The monoisotopic (exact) mass is 304 g/mol. The summed E-state index contributed by atoms with van der Waals surface area (Å²) in [5, 5.41) is 0. The maximum absolute atomic E-state index is 5.34. The largest absolute Gasteiger partial charge is 0.400 e. The van der Waals surface area contributed by atoms with Gasteiger partial charge in [-0.15, -0.1) is 0 Å². The van der Waals surface area contributed by atoms with Gasteiger partial charge in [0.2, 0.25) is 0 Å². The number of rotatable bonds is 8. The molecule has 0 aromatic rings. The van der Waals surface area contributed by atoms with Gasteiger partial charge in [0.15, 0.2) is 0 Å². The van der Waals surface area contributed by atoms with Crippen LogP contribution in [0.1, 0.15) is 12.8 Å². The molecule has 6 heteroatoms. The van der Waals surface area contributed by atoms with Gasteiger partial charge in [0, 0.05) is 40.4 Å². The summed E-state index contributed by atoms with van der Waals surface area (Å²) >= 11 is 0. The Hall–Kier alpha value is 0.274. The van der Waals surface area contributed by atoms with Crippen LogP contribution in [0, 0.1) is 0 Å². The fourth-order valence-electron chi connectivity index (χ4n) is 2.62. The minimum atomic E-state index is -1.32. The van der Waals surface area contributed by atoms with E-state index in [1.54, 1.807) is 14.2 Å². The van der Waals surface area contributed by atoms with Gasteiger partial charge in [0.1, 0.15) is 8.24 Å². The lowest BCUT2D eigenvalue weighted by atomic mass is 10.3. The van der Waals surface area contributed by atoms with E-state index >= 15 is 0 Å². The Balaban J connectivity index is 2.10. The molecule has 0 N–H and O–H groups in total. The number of piperazine rings is 1. The zero-order valence-corrected chi connectivity index (χ0v) is 15.6. The summed E-state index contributed by atoms with van der Waals surface area (Å²) < 4.78 is 13.4. The highest BCUT2D eigenvalue weighted by molar-refractivity contribution is 6.73. The second kappa shape index (κ2) is 8.54. The van der Waals surface area contributed by atoms with Crippen LogP contribution < -0.4 is 0 Å². The van der Waals surface area contributed by atoms with E-state index in [0.717, 1.165) is 6.04 Å². The van der Waals surface area contributed by atoms with Crippen LogP contribution in [0.25, 0.3) is 0 Å². The lowest BCUT2D eigenvalue weighted by Crippen LogP contribution is -2.56. The SMILES string of the molecule is CO[SiH](CCCCN1CCN([Si](C)(C)C)CC1)OC. The summed E-state index contributed by atoms with van der Waals surface area (Å²) in [5.74, 6) is 0. The Morgan fingerprint density at radius 3 is 2.00 bits per heavy atom. The molecule has 4 nitrogen and oxygen atoms in total. The van der Waals surface area contributed by atoms with Crippen LogP contribution in [0.3, 0.4) is 0 Å². The molecule has 1 rings (SSSR count). The molecule has 0 aromatic carbocycles. The summed E-state index contributed by atoms with van der Waals surface area (Å²) in [4.78, 5) is 2.62. The van der Waals surface area contributed by atoms with Crippen molar-refractivity contribution < 1.29 is 8.85 Å². The molecule has 0 atom stereocenters. The molecule has 0 aliphatic carbocycles. The zero-order chi connectivity index (χ0) is 14.3. The first-order valence-electron chi connectivity index (χ1n) is 7.50. The van der Waals surface area contributed by atoms with Gasteiger partial charge in [-0.25, -0.2) is 0 Å². The fourth-order valence-corrected chi connectivity index (χ4v) is 5.45. The maximum Gasteiger partial charge on any atom is 0.320 e. The van der Waals surface area contributed by atoms with Crippen molar-refractivity contribution in [3.8, 4) is 0 Å². The second-order valence-electron chi connectivity index (χ2n) is 6.40. The van der Waals surface area contributed by atoms with Gasteiger partial charge < -0.3 is 18.3 Å². The van der Waals surface area contributed by atoms with E-state index in [2.05, 4.69) is 29.1 Å². The number of hydrogen-bond acceptors (Lipinski definition) is 4. The summed E-state index contributed by atoms with van der Waals surface area (Å²) in [5.41, 5.74) is 0. The third-order valence-electron chi connectivity index (χ3n) is 4.01. The Morgan fingerprint density at radius 2 is 1.53 bits per heavy atom. The number of unbranched alkanes of at least 4 members (excludes halogenated alkanes) is 1. The van der Waals surface area contributed by atoms with Crippen LogP contribution in [-0.2, 0) is 8.85 Å². The summed E-state index contributed by atoms with van der Waals surface area (Å²) in [7, 11) is 1.16. The molecule has 0 unspecified atom stereocenters. The van der Waals surface area contributed by atoms with Crippen molar-refractivity contribution in [1.29, 1.82) is 0 Å². The average molecular weight is 305 g/mol. The van der Waals surface area contributed by atoms with Gasteiger partial charge in [0.05, 0.1) is 0 Å². The highest BCUT2D eigenvalue weighted by Gasteiger charge is 2.27. The van der Waals surface area contributed by atoms with Crippen molar-refractivity contribution in [1.82, 2.24) is 9.47 Å². The Morgan fingerprint density at radius 1 is 0.947 bits per heavy atom. The third-order valence-corrected chi connectivity index (χ3v) is 8.29. The minimum absolute atomic E-state index is 1.07. The van der Waals surface area contributed by atoms with Crippen molar-refractivity contribution in [2.75, 3.05) is 46.9 Å². The molecule has 1 saturated heterocycles. The van der Waals surface area contributed by atoms with Crippen molar-refractivity contribution in [2.45, 2.75) is 38.5 Å². The van der Waals surface area contributed by atoms with Gasteiger partial charge in [-0.3, -0.25) is 0 Å². The van der Waals surface area contributed by atoms with Crippen LogP contribution >= 0.6 is 0 Å². The normalized spacial score (nSPS) is 19.3. The van der Waals surface area contributed by atoms with E-state index in [9.17, 15) is 0 Å². The van der Waals surface area contributed by atoms with E-state index < -0.39 is 17.5 Å². The van der Waals surface area contributed by atoms with Crippen LogP contribution in [0.15, 0.2) is 0 Å². The molecule has 19 heavy (non-hydrogen) atoms. The lowest BCUT2D eigenvalue weighted by Gasteiger charge is -2.41. The van der Waals surface area contributed by atoms with E-state index in [4.69, 9.17) is 8.85 Å². The molecule has 1 heterocycles. The van der Waals surface area contributed by atoms with Gasteiger partial charge in [-0.1, -0.05) is 26.1 Å². The van der Waals surface area contributed by atoms with Gasteiger partial charge >= 0.3 is 9.28 Å². The molecule has 0 bridgehead atoms. The van der Waals surface area contributed by atoms with Crippen LogP contribution in [-0.4, -0.2) is 73.9 Å². The van der Waals surface area contributed by atoms with E-state index in [1.165, 1.54) is 45.6 Å². The summed E-state index contributed by atoms with van der Waals surface area (Å²) in [6.45, 7) is 13.6. The second-order valence-corrected chi connectivity index (χ2v) is 13.7. The minimum Gasteiger partial charge on any atom is -0.400 e. The van der Waals surface area contributed by atoms with Gasteiger partial charge in [0.25, 0.3) is 0 Å². The number of hydrogen-bond donors (Lipinski definition) is 0. The lowest BCUT2D eigenvalue weighted by molar-refractivity contribution is 0.181. The van der Waals surface area contributed by atoms with Crippen molar-refractivity contribution in [3.05, 3.63) is 0 Å². The zero-order valence-electron chi connectivity index (χ0n) is 13.4. The van der Waals surface area contributed by atoms with E-state index in [-0.39, 0.29) is 0 Å². The highest BCUT2D eigenvalue weighted by atomic mass is 28.3. The predicted molar refractivity (Wildman–Crippen MR) is 86.6 cm³/mol. The summed E-state index contributed by atoms with van der Waals surface area (Å²) in [6.07, 6.45) is 2.52. The molecule has 1 aliphatic heterocycles. The first-order valence-corrected chi connectivity index (χ1v) is 12.7. The standard InChI is InChI=1S/C13H32N2O2Si2/c1-16-18(17-2)13-7-6-8-14-9-11-15(12-10-14)19(3,4)5/h18H,6-13H2,1-5H3. The summed E-state index contributed by atoms with van der Waals surface area (Å²) in [6, 6.07) is 1.14. The topological polar surface area (TPSA) is 24.9 Å². The van der Waals surface area contributed by atoms with Crippen LogP contribution in [0.2, 0.25) is 25.7 Å². The van der Waals surface area contributed by atoms with Crippen molar-refractivity contribution in [2.24, 2.45) is 0 Å². The molecule has 0 saturated carbocycles. The highest BCUT2D eigenvalue weighted by Crippen LogP contribution is 2.13. The van der Waals surface area contributed by atoms with Crippen molar-refractivity contribution in [3.63, 3.8) is 0 Å². The number of nitrogens with zero attached hydrogens (tertiary/aromatic N) is 2. The molecule has 0 radical (unpaired) electrons. The molecular weight excluding hydrogens is 272 g/mol. The molecule has 1 fully saturated rings. The Bertz CT molecular complexity index is 237.